The molecule has 186 valence electrons. The second kappa shape index (κ2) is 11.1. The number of hydrogen-bond donors (Lipinski definition) is 3. The normalized spacial score (nSPS) is 15.1. The maximum absolute atomic E-state index is 12.7. The molecule has 2 aromatic heterocycles. The number of benzene rings is 1. The summed E-state index contributed by atoms with van der Waals surface area (Å²) >= 11 is 0. The van der Waals surface area contributed by atoms with Crippen molar-refractivity contribution in [1.29, 1.82) is 0 Å². The highest BCUT2D eigenvalue weighted by Crippen LogP contribution is 2.22. The van der Waals surface area contributed by atoms with Gasteiger partial charge in [-0.2, -0.15) is 23.0 Å². The molecular formula is C23H25F3N6O3. The molecule has 1 aliphatic heterocycles. The molecule has 0 spiro atoms. The second-order valence-corrected chi connectivity index (χ2v) is 8.18. The molecule has 9 nitrogen and oxygen atoms in total. The second-order valence-electron chi connectivity index (χ2n) is 8.18. The quantitative estimate of drug-likeness (QED) is 0.501. The fraction of sp³-hybridized carbons (Fsp3) is 0.348. The fourth-order valence-corrected chi connectivity index (χ4v) is 3.41. The van der Waals surface area contributed by atoms with Crippen molar-refractivity contribution >= 4 is 17.7 Å². The van der Waals surface area contributed by atoms with Gasteiger partial charge in [0.2, 0.25) is 5.91 Å². The molecule has 0 radical (unpaired) electrons. The lowest BCUT2D eigenvalue weighted by molar-refractivity contribution is -0.192. The minimum absolute atomic E-state index is 0.0516. The maximum Gasteiger partial charge on any atom is 0.490 e. The lowest BCUT2D eigenvalue weighted by atomic mass is 9.94. The average Bonchev–Trinajstić information content (AvgIpc) is 3.23. The van der Waals surface area contributed by atoms with E-state index in [4.69, 9.17) is 9.90 Å². The Morgan fingerprint density at radius 1 is 1.17 bits per heavy atom. The number of aromatic nitrogens is 4. The van der Waals surface area contributed by atoms with Crippen molar-refractivity contribution < 1.29 is 27.9 Å². The molecule has 0 saturated carbocycles. The summed E-state index contributed by atoms with van der Waals surface area (Å²) in [6, 6.07) is 12.1. The molecule has 12 heteroatoms. The third-order valence-corrected chi connectivity index (χ3v) is 5.17. The van der Waals surface area contributed by atoms with Crippen LogP contribution in [0, 0.1) is 0 Å². The molecule has 0 bridgehead atoms. The summed E-state index contributed by atoms with van der Waals surface area (Å²) < 4.78 is 33.3. The molecule has 1 aliphatic rings. The zero-order chi connectivity index (χ0) is 25.6. The summed E-state index contributed by atoms with van der Waals surface area (Å²) in [4.78, 5) is 30.1. The van der Waals surface area contributed by atoms with Crippen LogP contribution in [0.3, 0.4) is 0 Å². The van der Waals surface area contributed by atoms with Gasteiger partial charge in [0.1, 0.15) is 5.82 Å². The van der Waals surface area contributed by atoms with Gasteiger partial charge in [0.25, 0.3) is 5.95 Å². The molecule has 1 amide bonds. The number of fused-ring (bicyclic) bond motifs is 1. The standard InChI is InChI=1S/C21H24N6O.C2HF3O2/c1-14(2)18-12-19(27(26-18)21-22-8-5-9-23-21)25-20(28)11-17-10-15-6-3-4-7-16(15)13-24-17;3-2(4,5)1(6)7/h3-9,12,14,17,24H,10-11,13H2,1-2H3,(H,25,28);(H,6,7)/t17-;/m0./s1. The summed E-state index contributed by atoms with van der Waals surface area (Å²) in [7, 11) is 0. The fourth-order valence-electron chi connectivity index (χ4n) is 3.41. The number of alkyl halides is 3. The van der Waals surface area contributed by atoms with Crippen molar-refractivity contribution in [2.75, 3.05) is 5.32 Å². The van der Waals surface area contributed by atoms with Gasteiger partial charge in [-0.05, 0) is 29.5 Å². The van der Waals surface area contributed by atoms with E-state index in [1.165, 1.54) is 11.1 Å². The van der Waals surface area contributed by atoms with Gasteiger partial charge >= 0.3 is 12.1 Å². The van der Waals surface area contributed by atoms with Gasteiger partial charge in [0.15, 0.2) is 0 Å². The first-order valence-electron chi connectivity index (χ1n) is 10.8. The number of amides is 1. The van der Waals surface area contributed by atoms with Crippen LogP contribution in [-0.2, 0) is 22.6 Å². The Balaban J connectivity index is 0.000000429. The van der Waals surface area contributed by atoms with Gasteiger partial charge in [0, 0.05) is 37.5 Å². The van der Waals surface area contributed by atoms with Gasteiger partial charge in [-0.3, -0.25) is 4.79 Å². The van der Waals surface area contributed by atoms with Crippen molar-refractivity contribution in [3.05, 3.63) is 65.6 Å². The number of nitrogens with one attached hydrogen (secondary N) is 2. The number of carbonyl (C=O) groups is 2. The maximum atomic E-state index is 12.7. The molecular weight excluding hydrogens is 465 g/mol. The Morgan fingerprint density at radius 3 is 2.40 bits per heavy atom. The minimum atomic E-state index is -5.08. The van der Waals surface area contributed by atoms with Crippen molar-refractivity contribution in [3.8, 4) is 5.95 Å². The smallest absolute Gasteiger partial charge is 0.475 e. The third kappa shape index (κ3) is 7.09. The van der Waals surface area contributed by atoms with Crippen LogP contribution in [0.1, 0.15) is 43.0 Å². The molecule has 3 aromatic rings. The molecule has 4 rings (SSSR count). The number of carboxylic acids is 1. The summed E-state index contributed by atoms with van der Waals surface area (Å²) in [5.74, 6) is -1.54. The van der Waals surface area contributed by atoms with E-state index < -0.39 is 12.1 Å². The number of rotatable bonds is 5. The monoisotopic (exact) mass is 490 g/mol. The molecule has 0 saturated heterocycles. The van der Waals surface area contributed by atoms with Crippen LogP contribution in [0.4, 0.5) is 19.0 Å². The Bertz CT molecular complexity index is 1160. The summed E-state index contributed by atoms with van der Waals surface area (Å²) in [6.07, 6.45) is -0.518. The third-order valence-electron chi connectivity index (χ3n) is 5.17. The van der Waals surface area contributed by atoms with Crippen LogP contribution < -0.4 is 10.6 Å². The number of carbonyl (C=O) groups excluding carboxylic acids is 1. The first kappa shape index (κ1) is 25.8. The zero-order valence-corrected chi connectivity index (χ0v) is 19.1. The summed E-state index contributed by atoms with van der Waals surface area (Å²) in [6.45, 7) is 4.92. The van der Waals surface area contributed by atoms with Crippen LogP contribution in [0.5, 0.6) is 0 Å². The molecule has 35 heavy (non-hydrogen) atoms. The number of nitrogens with zero attached hydrogens (tertiary/aromatic N) is 4. The van der Waals surface area contributed by atoms with Crippen LogP contribution in [0.2, 0.25) is 0 Å². The number of anilines is 1. The van der Waals surface area contributed by atoms with E-state index in [0.717, 1.165) is 18.7 Å². The van der Waals surface area contributed by atoms with Crippen LogP contribution in [0.15, 0.2) is 48.8 Å². The topological polar surface area (TPSA) is 122 Å². The highest BCUT2D eigenvalue weighted by Gasteiger charge is 2.38. The Labute approximate surface area is 199 Å². The van der Waals surface area contributed by atoms with Gasteiger partial charge in [-0.25, -0.2) is 14.8 Å². The molecule has 0 aliphatic carbocycles. The molecule has 0 unspecified atom stereocenters. The van der Waals surface area contributed by atoms with Gasteiger partial charge < -0.3 is 15.7 Å². The molecule has 0 fully saturated rings. The van der Waals surface area contributed by atoms with Crippen molar-refractivity contribution in [2.24, 2.45) is 0 Å². The van der Waals surface area contributed by atoms with E-state index in [0.29, 0.717) is 18.2 Å². The number of halogens is 3. The van der Waals surface area contributed by atoms with E-state index in [1.54, 1.807) is 23.1 Å². The minimum Gasteiger partial charge on any atom is -0.475 e. The van der Waals surface area contributed by atoms with Crippen molar-refractivity contribution in [1.82, 2.24) is 25.1 Å². The average molecular weight is 490 g/mol. The van der Waals surface area contributed by atoms with Crippen LogP contribution in [0.25, 0.3) is 5.95 Å². The molecule has 1 atom stereocenters. The van der Waals surface area contributed by atoms with E-state index >= 15 is 0 Å². The molecule has 3 heterocycles. The number of aliphatic carboxylic acids is 1. The van der Waals surface area contributed by atoms with Crippen molar-refractivity contribution in [2.45, 2.75) is 51.4 Å². The Kier molecular flexibility index (Phi) is 8.18. The van der Waals surface area contributed by atoms with E-state index in [1.807, 2.05) is 18.2 Å². The highest BCUT2D eigenvalue weighted by atomic mass is 19.4. The number of hydrogen-bond acceptors (Lipinski definition) is 6. The highest BCUT2D eigenvalue weighted by molar-refractivity contribution is 5.90. The first-order chi connectivity index (χ1) is 16.5. The predicted molar refractivity (Wildman–Crippen MR) is 121 cm³/mol. The van der Waals surface area contributed by atoms with Gasteiger partial charge in [0.05, 0.1) is 5.69 Å². The summed E-state index contributed by atoms with van der Waals surface area (Å²) in [5.41, 5.74) is 3.50. The van der Waals surface area contributed by atoms with Crippen LogP contribution in [-0.4, -0.2) is 48.9 Å². The molecule has 3 N–H and O–H groups in total. The van der Waals surface area contributed by atoms with Crippen LogP contribution >= 0.6 is 0 Å². The zero-order valence-electron chi connectivity index (χ0n) is 19.1. The van der Waals surface area contributed by atoms with E-state index in [9.17, 15) is 18.0 Å². The van der Waals surface area contributed by atoms with E-state index in [-0.39, 0.29) is 17.9 Å². The van der Waals surface area contributed by atoms with Crippen molar-refractivity contribution in [3.63, 3.8) is 0 Å². The lowest BCUT2D eigenvalue weighted by Crippen LogP contribution is -2.38. The lowest BCUT2D eigenvalue weighted by Gasteiger charge is -2.25. The SMILES string of the molecule is CC(C)c1cc(NC(=O)C[C@@H]2Cc3ccccc3CN2)n(-c2ncccn2)n1.O=C(O)C(F)(F)F. The first-order valence-corrected chi connectivity index (χ1v) is 10.8. The van der Waals surface area contributed by atoms with Gasteiger partial charge in [-0.15, -0.1) is 0 Å². The Hall–Kier alpha value is -3.80. The Morgan fingerprint density at radius 2 is 1.80 bits per heavy atom. The van der Waals surface area contributed by atoms with Gasteiger partial charge in [-0.1, -0.05) is 38.1 Å². The molecule has 1 aromatic carbocycles. The van der Waals surface area contributed by atoms with E-state index in [2.05, 4.69) is 51.7 Å². The largest absolute Gasteiger partial charge is 0.490 e. The predicted octanol–water partition coefficient (Wildman–Crippen LogP) is 3.46. The number of carboxylic acid groups (broad SMARTS) is 1. The summed E-state index contributed by atoms with van der Waals surface area (Å²) in [5, 5.41) is 18.1.